The largest absolute Gasteiger partial charge is 0.497 e. The monoisotopic (exact) mass is 430 g/mol. The molecule has 0 spiro atoms. The van der Waals surface area contributed by atoms with E-state index in [9.17, 15) is 18.0 Å². The van der Waals surface area contributed by atoms with Gasteiger partial charge in [-0.2, -0.15) is 18.3 Å². The molecule has 0 radical (unpaired) electrons. The summed E-state index contributed by atoms with van der Waals surface area (Å²) in [5.74, 6) is 0.471. The molecule has 158 valence electrons. The Hall–Kier alpha value is -2.42. The van der Waals surface area contributed by atoms with E-state index < -0.39 is 16.9 Å². The molecule has 1 fully saturated rings. The number of benzene rings is 1. The number of halogens is 4. The first kappa shape index (κ1) is 21.3. The first-order valence-corrected chi connectivity index (χ1v) is 9.47. The molecule has 1 aliphatic heterocycles. The van der Waals surface area contributed by atoms with E-state index in [1.165, 1.54) is 6.92 Å². The molecule has 0 bridgehead atoms. The summed E-state index contributed by atoms with van der Waals surface area (Å²) in [6.45, 7) is 5.32. The van der Waals surface area contributed by atoms with Gasteiger partial charge in [0.2, 0.25) is 5.91 Å². The summed E-state index contributed by atoms with van der Waals surface area (Å²) in [5.41, 5.74) is 1.11. The van der Waals surface area contributed by atoms with Gasteiger partial charge in [-0.1, -0.05) is 17.7 Å². The maximum atomic E-state index is 13.0. The van der Waals surface area contributed by atoms with E-state index in [0.29, 0.717) is 26.2 Å². The Labute approximate surface area is 171 Å². The predicted molar refractivity (Wildman–Crippen MR) is 104 cm³/mol. The molecule has 0 aliphatic carbocycles. The highest BCUT2D eigenvalue weighted by Gasteiger charge is 2.38. The van der Waals surface area contributed by atoms with E-state index >= 15 is 0 Å². The fourth-order valence-corrected chi connectivity index (χ4v) is 3.58. The van der Waals surface area contributed by atoms with Crippen molar-refractivity contribution in [2.75, 3.05) is 38.2 Å². The maximum Gasteiger partial charge on any atom is 0.436 e. The van der Waals surface area contributed by atoms with Gasteiger partial charge in [0.1, 0.15) is 12.3 Å². The molecule has 1 aromatic carbocycles. The van der Waals surface area contributed by atoms with E-state index in [1.54, 1.807) is 12.0 Å². The van der Waals surface area contributed by atoms with Gasteiger partial charge in [0.25, 0.3) is 0 Å². The van der Waals surface area contributed by atoms with Crippen LogP contribution < -0.4 is 9.64 Å². The third-order valence-corrected chi connectivity index (χ3v) is 5.53. The number of methoxy groups -OCH3 is 1. The zero-order valence-electron chi connectivity index (χ0n) is 16.4. The van der Waals surface area contributed by atoms with Crippen molar-refractivity contribution in [2.45, 2.75) is 26.6 Å². The van der Waals surface area contributed by atoms with Gasteiger partial charge in [0.05, 0.1) is 17.8 Å². The topological polar surface area (TPSA) is 50.6 Å². The van der Waals surface area contributed by atoms with Crippen LogP contribution in [0.15, 0.2) is 18.2 Å². The van der Waals surface area contributed by atoms with Gasteiger partial charge in [-0.3, -0.25) is 9.48 Å². The minimum absolute atomic E-state index is 0.123. The standard InChI is InChI=1S/C19H22ClF3N4O2/c1-12-4-5-14(29-3)10-15(12)25-6-8-26(9-7-25)16(28)11-27-13(2)17(20)18(24-27)19(21,22)23/h4-5,10H,6-9,11H2,1-3H3. The van der Waals surface area contributed by atoms with Crippen molar-refractivity contribution < 1.29 is 22.7 Å². The van der Waals surface area contributed by atoms with Gasteiger partial charge in [0.15, 0.2) is 5.69 Å². The number of hydrogen-bond donors (Lipinski definition) is 0. The smallest absolute Gasteiger partial charge is 0.436 e. The molecule has 1 amide bonds. The summed E-state index contributed by atoms with van der Waals surface area (Å²) in [6, 6.07) is 5.83. The number of anilines is 1. The average Bonchev–Trinajstić information content (AvgIpc) is 2.97. The van der Waals surface area contributed by atoms with Crippen LogP contribution in [-0.4, -0.2) is 53.9 Å². The number of piperazine rings is 1. The number of carbonyl (C=O) groups excluding carboxylic acids is 1. The summed E-state index contributed by atoms with van der Waals surface area (Å²) >= 11 is 5.75. The lowest BCUT2D eigenvalue weighted by molar-refractivity contribution is -0.142. The minimum atomic E-state index is -4.66. The molecule has 0 saturated carbocycles. The van der Waals surface area contributed by atoms with E-state index in [-0.39, 0.29) is 18.1 Å². The summed E-state index contributed by atoms with van der Waals surface area (Å²) in [7, 11) is 1.61. The lowest BCUT2D eigenvalue weighted by Crippen LogP contribution is -2.49. The number of aryl methyl sites for hydroxylation is 1. The molecule has 29 heavy (non-hydrogen) atoms. The molecule has 10 heteroatoms. The quantitative estimate of drug-likeness (QED) is 0.744. The lowest BCUT2D eigenvalue weighted by atomic mass is 10.1. The molecule has 0 atom stereocenters. The second-order valence-corrected chi connectivity index (χ2v) is 7.30. The normalized spacial score (nSPS) is 15.0. The van der Waals surface area contributed by atoms with Gasteiger partial charge in [-0.15, -0.1) is 0 Å². The molecule has 0 N–H and O–H groups in total. The number of carbonyl (C=O) groups is 1. The van der Waals surface area contributed by atoms with Crippen LogP contribution in [0, 0.1) is 13.8 Å². The van der Waals surface area contributed by atoms with Crippen LogP contribution in [0.1, 0.15) is 17.0 Å². The Balaban J connectivity index is 1.66. The second kappa shape index (κ2) is 8.14. The molecular weight excluding hydrogens is 409 g/mol. The summed E-state index contributed by atoms with van der Waals surface area (Å²) in [4.78, 5) is 16.4. The van der Waals surface area contributed by atoms with Crippen molar-refractivity contribution in [1.29, 1.82) is 0 Å². The molecule has 1 aliphatic rings. The van der Waals surface area contributed by atoms with Crippen LogP contribution in [0.25, 0.3) is 0 Å². The number of aromatic nitrogens is 2. The SMILES string of the molecule is COc1ccc(C)c(N2CCN(C(=O)Cn3nc(C(F)(F)F)c(Cl)c3C)CC2)c1. The Morgan fingerprint density at radius 3 is 2.41 bits per heavy atom. The number of amides is 1. The van der Waals surface area contributed by atoms with Crippen LogP contribution in [0.4, 0.5) is 18.9 Å². The molecule has 2 heterocycles. The second-order valence-electron chi connectivity index (χ2n) is 6.92. The number of alkyl halides is 3. The number of ether oxygens (including phenoxy) is 1. The molecule has 1 saturated heterocycles. The van der Waals surface area contributed by atoms with E-state index in [0.717, 1.165) is 21.7 Å². The molecular formula is C19H22ClF3N4O2. The van der Waals surface area contributed by atoms with Crippen molar-refractivity contribution in [3.8, 4) is 5.75 Å². The van der Waals surface area contributed by atoms with Crippen molar-refractivity contribution in [3.63, 3.8) is 0 Å². The Morgan fingerprint density at radius 2 is 1.86 bits per heavy atom. The first-order valence-electron chi connectivity index (χ1n) is 9.09. The van der Waals surface area contributed by atoms with E-state index in [4.69, 9.17) is 16.3 Å². The zero-order valence-corrected chi connectivity index (χ0v) is 17.1. The third kappa shape index (κ3) is 4.44. The van der Waals surface area contributed by atoms with Crippen LogP contribution in [0.5, 0.6) is 5.75 Å². The van der Waals surface area contributed by atoms with E-state index in [1.807, 2.05) is 25.1 Å². The van der Waals surface area contributed by atoms with Crippen LogP contribution >= 0.6 is 11.6 Å². The van der Waals surface area contributed by atoms with E-state index in [2.05, 4.69) is 10.00 Å². The summed E-state index contributed by atoms with van der Waals surface area (Å²) in [6.07, 6.45) is -4.66. The van der Waals surface area contributed by atoms with Crippen LogP contribution in [-0.2, 0) is 17.5 Å². The third-order valence-electron chi connectivity index (χ3n) is 5.08. The molecule has 3 rings (SSSR count). The fourth-order valence-electron chi connectivity index (χ4n) is 3.34. The van der Waals surface area contributed by atoms with Gasteiger partial charge >= 0.3 is 6.18 Å². The maximum absolute atomic E-state index is 13.0. The Morgan fingerprint density at radius 1 is 1.21 bits per heavy atom. The van der Waals surface area contributed by atoms with Crippen molar-refractivity contribution in [1.82, 2.24) is 14.7 Å². The number of hydrogen-bond acceptors (Lipinski definition) is 4. The summed E-state index contributed by atoms with van der Waals surface area (Å²) < 4.78 is 45.2. The lowest BCUT2D eigenvalue weighted by Gasteiger charge is -2.37. The highest BCUT2D eigenvalue weighted by Crippen LogP contribution is 2.35. The van der Waals surface area contributed by atoms with Gasteiger partial charge in [0, 0.05) is 37.9 Å². The highest BCUT2D eigenvalue weighted by molar-refractivity contribution is 6.32. The van der Waals surface area contributed by atoms with Gasteiger partial charge in [-0.25, -0.2) is 0 Å². The van der Waals surface area contributed by atoms with Crippen LogP contribution in [0.2, 0.25) is 5.02 Å². The van der Waals surface area contributed by atoms with Gasteiger partial charge in [-0.05, 0) is 25.5 Å². The predicted octanol–water partition coefficient (Wildman–Crippen LogP) is 3.53. The van der Waals surface area contributed by atoms with Crippen molar-refractivity contribution in [2.24, 2.45) is 0 Å². The first-order chi connectivity index (χ1) is 13.6. The average molecular weight is 431 g/mol. The number of rotatable bonds is 4. The van der Waals surface area contributed by atoms with Crippen LogP contribution in [0.3, 0.4) is 0 Å². The Kier molecular flexibility index (Phi) is 5.97. The number of nitrogens with zero attached hydrogens (tertiary/aromatic N) is 4. The summed E-state index contributed by atoms with van der Waals surface area (Å²) in [5, 5.41) is 3.03. The highest BCUT2D eigenvalue weighted by atomic mass is 35.5. The fraction of sp³-hybridized carbons (Fsp3) is 0.474. The zero-order chi connectivity index (χ0) is 21.3. The molecule has 0 unspecified atom stereocenters. The van der Waals surface area contributed by atoms with Crippen molar-refractivity contribution >= 4 is 23.2 Å². The minimum Gasteiger partial charge on any atom is -0.497 e. The molecule has 2 aromatic rings. The van der Waals surface area contributed by atoms with Gasteiger partial charge < -0.3 is 14.5 Å². The molecule has 1 aromatic heterocycles. The molecule has 6 nitrogen and oxygen atoms in total. The van der Waals surface area contributed by atoms with Crippen molar-refractivity contribution in [3.05, 3.63) is 40.2 Å². The Bertz CT molecular complexity index is 906.